The number of halogens is 2. The third-order valence-electron chi connectivity index (χ3n) is 2.04. The molecule has 0 aliphatic carbocycles. The Morgan fingerprint density at radius 3 is 2.64 bits per heavy atom. The van der Waals surface area contributed by atoms with Gasteiger partial charge < -0.3 is 10.8 Å². The minimum absolute atomic E-state index is 0.132. The quantitative estimate of drug-likeness (QED) is 0.841. The van der Waals surface area contributed by atoms with Crippen LogP contribution in [0.2, 0.25) is 10.0 Å². The number of hydrogen-bond donors (Lipinski definition) is 2. The van der Waals surface area contributed by atoms with E-state index in [2.05, 4.69) is 0 Å². The molecular weight excluding hydrogens is 221 g/mol. The Kier molecular flexibility index (Phi) is 4.69. The van der Waals surface area contributed by atoms with Gasteiger partial charge in [0.05, 0.1) is 0 Å². The van der Waals surface area contributed by atoms with E-state index in [-0.39, 0.29) is 12.6 Å². The van der Waals surface area contributed by atoms with Crippen molar-refractivity contribution < 1.29 is 5.11 Å². The van der Waals surface area contributed by atoms with Crippen LogP contribution < -0.4 is 5.73 Å². The van der Waals surface area contributed by atoms with Crippen LogP contribution >= 0.6 is 23.2 Å². The van der Waals surface area contributed by atoms with Gasteiger partial charge in [0, 0.05) is 22.7 Å². The Morgan fingerprint density at radius 2 is 2.07 bits per heavy atom. The van der Waals surface area contributed by atoms with E-state index in [1.54, 1.807) is 12.1 Å². The molecule has 0 heterocycles. The van der Waals surface area contributed by atoms with Gasteiger partial charge in [0.1, 0.15) is 0 Å². The van der Waals surface area contributed by atoms with Gasteiger partial charge in [-0.3, -0.25) is 0 Å². The number of hydrogen-bond acceptors (Lipinski definition) is 2. The minimum atomic E-state index is -0.132. The van der Waals surface area contributed by atoms with Gasteiger partial charge in [-0.1, -0.05) is 29.3 Å². The van der Waals surface area contributed by atoms with E-state index in [9.17, 15) is 0 Å². The summed E-state index contributed by atoms with van der Waals surface area (Å²) in [6.45, 7) is 0.152. The standard InChI is InChI=1S/C10H13Cl2NO/c11-7-3-4-8(9(12)6-7)10(13)2-1-5-14/h3-4,6,10,14H,1-2,5,13H2/t10-/m1/s1. The Bertz CT molecular complexity index is 304. The lowest BCUT2D eigenvalue weighted by atomic mass is 10.0. The van der Waals surface area contributed by atoms with E-state index >= 15 is 0 Å². The topological polar surface area (TPSA) is 46.2 Å². The van der Waals surface area contributed by atoms with Crippen LogP contribution in [0.5, 0.6) is 0 Å². The second-order valence-corrected chi connectivity index (χ2v) is 3.98. The molecule has 0 aliphatic heterocycles. The molecular formula is C10H13Cl2NO. The zero-order valence-electron chi connectivity index (χ0n) is 7.71. The summed E-state index contributed by atoms with van der Waals surface area (Å²) in [5.74, 6) is 0. The van der Waals surface area contributed by atoms with Crippen molar-refractivity contribution in [3.63, 3.8) is 0 Å². The molecule has 0 spiro atoms. The maximum atomic E-state index is 8.67. The maximum Gasteiger partial charge on any atom is 0.0468 e. The van der Waals surface area contributed by atoms with Crippen LogP contribution in [-0.4, -0.2) is 11.7 Å². The molecule has 1 aromatic carbocycles. The molecule has 0 amide bonds. The summed E-state index contributed by atoms with van der Waals surface area (Å²) in [6, 6.07) is 5.14. The van der Waals surface area contributed by atoms with Crippen LogP contribution in [0.3, 0.4) is 0 Å². The lowest BCUT2D eigenvalue weighted by Crippen LogP contribution is -2.11. The van der Waals surface area contributed by atoms with Crippen LogP contribution in [0.4, 0.5) is 0 Å². The smallest absolute Gasteiger partial charge is 0.0468 e. The van der Waals surface area contributed by atoms with Gasteiger partial charge in [0.15, 0.2) is 0 Å². The normalized spacial score (nSPS) is 12.9. The molecule has 1 aromatic rings. The highest BCUT2D eigenvalue weighted by molar-refractivity contribution is 6.35. The van der Waals surface area contributed by atoms with Crippen molar-refractivity contribution in [3.05, 3.63) is 33.8 Å². The van der Waals surface area contributed by atoms with E-state index in [0.717, 1.165) is 12.0 Å². The molecule has 0 fully saturated rings. The average Bonchev–Trinajstić information content (AvgIpc) is 2.14. The molecule has 0 saturated carbocycles. The predicted molar refractivity (Wildman–Crippen MR) is 59.7 cm³/mol. The van der Waals surface area contributed by atoms with Crippen molar-refractivity contribution in [1.82, 2.24) is 0 Å². The van der Waals surface area contributed by atoms with E-state index in [1.807, 2.05) is 6.07 Å². The highest BCUT2D eigenvalue weighted by Gasteiger charge is 2.09. The second-order valence-electron chi connectivity index (χ2n) is 3.14. The maximum absolute atomic E-state index is 8.67. The number of nitrogens with two attached hydrogens (primary N) is 1. The predicted octanol–water partition coefficient (Wildman–Crippen LogP) is 2.77. The van der Waals surface area contributed by atoms with Crippen molar-refractivity contribution in [1.29, 1.82) is 0 Å². The van der Waals surface area contributed by atoms with Crippen molar-refractivity contribution >= 4 is 23.2 Å². The molecule has 0 aromatic heterocycles. The summed E-state index contributed by atoms with van der Waals surface area (Å²) in [7, 11) is 0. The SMILES string of the molecule is N[C@H](CCCO)c1ccc(Cl)cc1Cl. The van der Waals surface area contributed by atoms with Gasteiger partial charge in [-0.25, -0.2) is 0 Å². The fraction of sp³-hybridized carbons (Fsp3) is 0.400. The van der Waals surface area contributed by atoms with Crippen molar-refractivity contribution in [2.75, 3.05) is 6.61 Å². The second kappa shape index (κ2) is 5.56. The molecule has 2 nitrogen and oxygen atoms in total. The zero-order chi connectivity index (χ0) is 10.6. The summed E-state index contributed by atoms with van der Waals surface area (Å²) in [4.78, 5) is 0. The first kappa shape index (κ1) is 11.8. The highest BCUT2D eigenvalue weighted by Crippen LogP contribution is 2.27. The molecule has 0 radical (unpaired) electrons. The number of aliphatic hydroxyl groups is 1. The van der Waals surface area contributed by atoms with Crippen LogP contribution in [0.15, 0.2) is 18.2 Å². The fourth-order valence-electron chi connectivity index (χ4n) is 1.27. The molecule has 0 aliphatic rings. The molecule has 14 heavy (non-hydrogen) atoms. The lowest BCUT2D eigenvalue weighted by Gasteiger charge is -2.12. The van der Waals surface area contributed by atoms with Gasteiger partial charge in [0.2, 0.25) is 0 Å². The number of rotatable bonds is 4. The first-order valence-corrected chi connectivity index (χ1v) is 5.22. The first-order valence-electron chi connectivity index (χ1n) is 4.46. The Balaban J connectivity index is 2.74. The highest BCUT2D eigenvalue weighted by atomic mass is 35.5. The molecule has 0 unspecified atom stereocenters. The van der Waals surface area contributed by atoms with E-state index in [0.29, 0.717) is 16.5 Å². The summed E-state index contributed by atoms with van der Waals surface area (Å²) in [6.07, 6.45) is 1.40. The van der Waals surface area contributed by atoms with Gasteiger partial charge in [-0.05, 0) is 30.5 Å². The monoisotopic (exact) mass is 233 g/mol. The molecule has 0 bridgehead atoms. The Labute approximate surface area is 93.6 Å². The number of aliphatic hydroxyl groups excluding tert-OH is 1. The van der Waals surface area contributed by atoms with Gasteiger partial charge in [0.25, 0.3) is 0 Å². The molecule has 78 valence electrons. The van der Waals surface area contributed by atoms with Crippen molar-refractivity contribution in [2.45, 2.75) is 18.9 Å². The van der Waals surface area contributed by atoms with Crippen LogP contribution in [0.1, 0.15) is 24.4 Å². The third kappa shape index (κ3) is 3.14. The van der Waals surface area contributed by atoms with Gasteiger partial charge in [-0.2, -0.15) is 0 Å². The lowest BCUT2D eigenvalue weighted by molar-refractivity contribution is 0.280. The molecule has 1 rings (SSSR count). The van der Waals surface area contributed by atoms with E-state index in [4.69, 9.17) is 34.0 Å². The van der Waals surface area contributed by atoms with Crippen LogP contribution in [0, 0.1) is 0 Å². The first-order chi connectivity index (χ1) is 6.65. The molecule has 1 atom stereocenters. The number of benzene rings is 1. The van der Waals surface area contributed by atoms with Crippen molar-refractivity contribution in [3.8, 4) is 0 Å². The Hall–Kier alpha value is -0.280. The largest absolute Gasteiger partial charge is 0.396 e. The summed E-state index contributed by atoms with van der Waals surface area (Å²) in [5, 5.41) is 9.86. The Morgan fingerprint density at radius 1 is 1.36 bits per heavy atom. The van der Waals surface area contributed by atoms with Crippen LogP contribution in [0.25, 0.3) is 0 Å². The molecule has 0 saturated heterocycles. The summed E-state index contributed by atoms with van der Waals surface area (Å²) < 4.78 is 0. The zero-order valence-corrected chi connectivity index (χ0v) is 9.22. The van der Waals surface area contributed by atoms with E-state index in [1.165, 1.54) is 0 Å². The minimum Gasteiger partial charge on any atom is -0.396 e. The summed E-state index contributed by atoms with van der Waals surface area (Å²) in [5.41, 5.74) is 6.77. The summed E-state index contributed by atoms with van der Waals surface area (Å²) >= 11 is 11.7. The average molecular weight is 234 g/mol. The fourth-order valence-corrected chi connectivity index (χ4v) is 1.82. The molecule has 3 N–H and O–H groups in total. The molecule has 4 heteroatoms. The van der Waals surface area contributed by atoms with Gasteiger partial charge >= 0.3 is 0 Å². The van der Waals surface area contributed by atoms with Gasteiger partial charge in [-0.15, -0.1) is 0 Å². The van der Waals surface area contributed by atoms with Crippen LogP contribution in [-0.2, 0) is 0 Å². The van der Waals surface area contributed by atoms with E-state index < -0.39 is 0 Å². The van der Waals surface area contributed by atoms with Crippen molar-refractivity contribution in [2.24, 2.45) is 5.73 Å². The third-order valence-corrected chi connectivity index (χ3v) is 2.60.